The Morgan fingerprint density at radius 2 is 2.10 bits per heavy atom. The minimum atomic E-state index is -1.23. The third-order valence-electron chi connectivity index (χ3n) is 4.76. The molecule has 2 heterocycles. The number of nitriles is 1. The van der Waals surface area contributed by atoms with Gasteiger partial charge in [-0.1, -0.05) is 39.0 Å². The first-order valence-corrected chi connectivity index (χ1v) is 9.88. The Kier molecular flexibility index (Phi) is 9.05. The Bertz CT molecular complexity index is 762. The van der Waals surface area contributed by atoms with Crippen LogP contribution in [0.25, 0.3) is 0 Å². The number of carbonyl (C=O) groups is 1. The van der Waals surface area contributed by atoms with Gasteiger partial charge in [-0.15, -0.1) is 0 Å². The Hall–Kier alpha value is -2.48. The van der Waals surface area contributed by atoms with Crippen molar-refractivity contribution in [3.05, 3.63) is 22.7 Å². The summed E-state index contributed by atoms with van der Waals surface area (Å²) in [7, 11) is 0. The molecule has 1 aliphatic heterocycles. The van der Waals surface area contributed by atoms with Gasteiger partial charge in [-0.05, 0) is 12.5 Å². The average molecular weight is 408 g/mol. The third-order valence-corrected chi connectivity index (χ3v) is 4.76. The average Bonchev–Trinajstić information content (AvgIpc) is 3.02. The van der Waals surface area contributed by atoms with Gasteiger partial charge in [-0.3, -0.25) is 9.88 Å². The lowest BCUT2D eigenvalue weighted by Gasteiger charge is -2.16. The number of ether oxygens (including phenoxy) is 2. The minimum Gasteiger partial charge on any atom is -0.449 e. The van der Waals surface area contributed by atoms with Gasteiger partial charge >= 0.3 is 11.8 Å². The fourth-order valence-electron chi connectivity index (χ4n) is 3.14. The van der Waals surface area contributed by atoms with Crippen LogP contribution in [-0.4, -0.2) is 51.3 Å². The fraction of sp³-hybridized carbons (Fsp3) is 0.684. The van der Waals surface area contributed by atoms with E-state index in [1.807, 2.05) is 6.07 Å². The summed E-state index contributed by atoms with van der Waals surface area (Å²) in [6.07, 6.45) is 3.76. The van der Waals surface area contributed by atoms with Crippen LogP contribution < -0.4 is 11.0 Å². The molecule has 0 saturated carbocycles. The lowest BCUT2D eigenvalue weighted by atomic mass is 10.0. The first kappa shape index (κ1) is 22.8. The van der Waals surface area contributed by atoms with E-state index in [0.29, 0.717) is 0 Å². The van der Waals surface area contributed by atoms with Gasteiger partial charge in [-0.2, -0.15) is 10.2 Å². The van der Waals surface area contributed by atoms with Gasteiger partial charge in [0.25, 0.3) is 0 Å². The molecule has 1 saturated heterocycles. The van der Waals surface area contributed by atoms with Crippen molar-refractivity contribution in [2.45, 2.75) is 63.9 Å². The molecule has 0 aliphatic carbocycles. The lowest BCUT2D eigenvalue weighted by molar-refractivity contribution is -0.0469. The smallest absolute Gasteiger partial charge is 0.412 e. The van der Waals surface area contributed by atoms with Gasteiger partial charge in [0.05, 0.1) is 19.3 Å². The SMILES string of the molecule is CCCCCCCCOC(=O)Nc1ccn(C2O[C@H](CO)[C@@H](O)[C@@H]2C#N)c(=O)n1. The van der Waals surface area contributed by atoms with Crippen molar-refractivity contribution in [3.63, 3.8) is 0 Å². The summed E-state index contributed by atoms with van der Waals surface area (Å²) in [5.41, 5.74) is -0.769. The van der Waals surface area contributed by atoms with Gasteiger partial charge in [0.1, 0.15) is 23.9 Å². The molecule has 0 spiro atoms. The fourth-order valence-corrected chi connectivity index (χ4v) is 3.14. The number of carbonyl (C=O) groups excluding carboxylic acids is 1. The van der Waals surface area contributed by atoms with Crippen molar-refractivity contribution in [2.75, 3.05) is 18.5 Å². The summed E-state index contributed by atoms with van der Waals surface area (Å²) >= 11 is 0. The molecule has 1 fully saturated rings. The highest BCUT2D eigenvalue weighted by Crippen LogP contribution is 2.33. The number of aromatic nitrogens is 2. The quantitative estimate of drug-likeness (QED) is 0.494. The van der Waals surface area contributed by atoms with E-state index in [-0.39, 0.29) is 12.4 Å². The van der Waals surface area contributed by atoms with Gasteiger partial charge in [0, 0.05) is 6.20 Å². The molecule has 1 unspecified atom stereocenters. The third kappa shape index (κ3) is 6.25. The number of anilines is 1. The molecule has 10 heteroatoms. The number of unbranched alkanes of at least 4 members (excludes halogenated alkanes) is 5. The monoisotopic (exact) mass is 408 g/mol. The van der Waals surface area contributed by atoms with Crippen molar-refractivity contribution < 1.29 is 24.5 Å². The number of nitrogens with one attached hydrogen (secondary N) is 1. The van der Waals surface area contributed by atoms with Crippen molar-refractivity contribution in [1.29, 1.82) is 5.26 Å². The van der Waals surface area contributed by atoms with Gasteiger partial charge in [-0.25, -0.2) is 9.59 Å². The van der Waals surface area contributed by atoms with E-state index in [0.717, 1.165) is 23.8 Å². The first-order valence-electron chi connectivity index (χ1n) is 9.88. The highest BCUT2D eigenvalue weighted by atomic mass is 16.6. The van der Waals surface area contributed by atoms with Gasteiger partial charge in [0.2, 0.25) is 0 Å². The van der Waals surface area contributed by atoms with Crippen molar-refractivity contribution >= 4 is 11.9 Å². The van der Waals surface area contributed by atoms with E-state index in [9.17, 15) is 25.1 Å². The molecule has 1 amide bonds. The van der Waals surface area contributed by atoms with Crippen LogP contribution in [0.3, 0.4) is 0 Å². The number of aliphatic hydroxyl groups is 2. The van der Waals surface area contributed by atoms with E-state index < -0.39 is 42.7 Å². The maximum absolute atomic E-state index is 12.3. The molecular weight excluding hydrogens is 380 g/mol. The highest BCUT2D eigenvalue weighted by Gasteiger charge is 2.45. The van der Waals surface area contributed by atoms with E-state index in [1.165, 1.54) is 31.5 Å². The standard InChI is InChI=1S/C19H28N4O6/c1-2-3-4-5-6-7-10-28-19(27)22-15-8-9-23(18(26)21-15)17-13(11-20)16(25)14(12-24)29-17/h8-9,13-14,16-17,24-25H,2-7,10,12H2,1H3,(H,21,22,26,27)/t13-,14+,16-,17?/m0/s1. The molecule has 3 N–H and O–H groups in total. The molecule has 0 aromatic carbocycles. The zero-order valence-corrected chi connectivity index (χ0v) is 16.5. The summed E-state index contributed by atoms with van der Waals surface area (Å²) in [6.45, 7) is 1.95. The zero-order valence-electron chi connectivity index (χ0n) is 16.5. The van der Waals surface area contributed by atoms with Crippen LogP contribution in [-0.2, 0) is 9.47 Å². The zero-order chi connectivity index (χ0) is 21.2. The van der Waals surface area contributed by atoms with Crippen LogP contribution in [0.2, 0.25) is 0 Å². The van der Waals surface area contributed by atoms with Crippen LogP contribution in [0.1, 0.15) is 51.7 Å². The highest BCUT2D eigenvalue weighted by molar-refractivity contribution is 5.83. The number of hydrogen-bond acceptors (Lipinski definition) is 8. The molecule has 1 aromatic rings. The summed E-state index contributed by atoms with van der Waals surface area (Å²) in [5.74, 6) is -1.03. The topological polar surface area (TPSA) is 147 Å². The molecule has 2 rings (SSSR count). The predicted octanol–water partition coefficient (Wildman–Crippen LogP) is 1.54. The molecule has 1 aromatic heterocycles. The van der Waals surface area contributed by atoms with Crippen LogP contribution in [0, 0.1) is 17.2 Å². The summed E-state index contributed by atoms with van der Waals surface area (Å²) < 4.78 is 11.5. The Balaban J connectivity index is 1.87. The van der Waals surface area contributed by atoms with E-state index >= 15 is 0 Å². The molecule has 4 atom stereocenters. The van der Waals surface area contributed by atoms with Crippen molar-refractivity contribution in [3.8, 4) is 6.07 Å². The second-order valence-electron chi connectivity index (χ2n) is 6.92. The van der Waals surface area contributed by atoms with Crippen LogP contribution in [0.4, 0.5) is 10.6 Å². The lowest BCUT2D eigenvalue weighted by Crippen LogP contribution is -2.32. The molecule has 0 bridgehead atoms. The molecular formula is C19H28N4O6. The first-order chi connectivity index (χ1) is 14.0. The Morgan fingerprint density at radius 1 is 1.38 bits per heavy atom. The van der Waals surface area contributed by atoms with E-state index in [1.54, 1.807) is 0 Å². The number of hydrogen-bond donors (Lipinski definition) is 3. The van der Waals surface area contributed by atoms with Gasteiger partial charge < -0.3 is 19.7 Å². The Morgan fingerprint density at radius 3 is 2.76 bits per heavy atom. The predicted molar refractivity (Wildman–Crippen MR) is 103 cm³/mol. The normalized spacial score (nSPS) is 23.5. The summed E-state index contributed by atoms with van der Waals surface area (Å²) in [4.78, 5) is 27.8. The number of aliphatic hydroxyl groups excluding tert-OH is 2. The Labute approximate surface area is 169 Å². The largest absolute Gasteiger partial charge is 0.449 e. The van der Waals surface area contributed by atoms with E-state index in [4.69, 9.17) is 9.47 Å². The van der Waals surface area contributed by atoms with Gasteiger partial charge in [0.15, 0.2) is 6.23 Å². The van der Waals surface area contributed by atoms with Crippen molar-refractivity contribution in [2.24, 2.45) is 5.92 Å². The number of amides is 1. The van der Waals surface area contributed by atoms with E-state index in [2.05, 4.69) is 17.2 Å². The van der Waals surface area contributed by atoms with Crippen molar-refractivity contribution in [1.82, 2.24) is 9.55 Å². The summed E-state index contributed by atoms with van der Waals surface area (Å²) in [6, 6.07) is 3.25. The van der Waals surface area contributed by atoms with Crippen LogP contribution in [0.15, 0.2) is 17.1 Å². The number of nitrogens with zero attached hydrogens (tertiary/aromatic N) is 3. The molecule has 29 heavy (non-hydrogen) atoms. The second kappa shape index (κ2) is 11.5. The van der Waals surface area contributed by atoms with Crippen LogP contribution in [0.5, 0.6) is 0 Å². The minimum absolute atomic E-state index is 0.00459. The molecule has 160 valence electrons. The molecule has 10 nitrogen and oxygen atoms in total. The molecule has 1 aliphatic rings. The summed E-state index contributed by atoms with van der Waals surface area (Å²) in [5, 5.41) is 30.8. The number of rotatable bonds is 10. The second-order valence-corrected chi connectivity index (χ2v) is 6.92. The maximum atomic E-state index is 12.3. The van der Waals surface area contributed by atoms with Crippen LogP contribution >= 0.6 is 0 Å². The molecule has 0 radical (unpaired) electrons. The maximum Gasteiger partial charge on any atom is 0.412 e.